The van der Waals surface area contributed by atoms with Crippen molar-refractivity contribution in [3.63, 3.8) is 0 Å². The van der Waals surface area contributed by atoms with Gasteiger partial charge in [0.2, 0.25) is 0 Å². The highest BCUT2D eigenvalue weighted by atomic mass is 35.5. The molecule has 6 heteroatoms. The van der Waals surface area contributed by atoms with Crippen molar-refractivity contribution >= 4 is 18.7 Å². The fourth-order valence-corrected chi connectivity index (χ4v) is 4.33. The highest BCUT2D eigenvalue weighted by Gasteiger charge is 2.69. The lowest BCUT2D eigenvalue weighted by atomic mass is 9.41. The molecule has 0 heterocycles. The van der Waals surface area contributed by atoms with Crippen molar-refractivity contribution in [2.24, 2.45) is 11.3 Å². The third-order valence-corrected chi connectivity index (χ3v) is 6.82. The van der Waals surface area contributed by atoms with Crippen LogP contribution >= 0.6 is 11.6 Å². The maximum absolute atomic E-state index is 10.2. The predicted octanol–water partition coefficient (Wildman–Crippen LogP) is 2.55. The Morgan fingerprint density at radius 3 is 2.20 bits per heavy atom. The van der Waals surface area contributed by atoms with Gasteiger partial charge in [0.25, 0.3) is 0 Å². The van der Waals surface area contributed by atoms with E-state index in [0.717, 1.165) is 31.2 Å². The van der Waals surface area contributed by atoms with Gasteiger partial charge in [0, 0.05) is 0 Å². The number of aryl methyl sites for hydroxylation is 1. The van der Waals surface area contributed by atoms with Gasteiger partial charge >= 0.3 is 7.12 Å². The van der Waals surface area contributed by atoms with E-state index in [1.165, 1.54) is 0 Å². The lowest BCUT2D eigenvalue weighted by Gasteiger charge is -2.68. The first-order valence-electron chi connectivity index (χ1n) is 9.00. The van der Waals surface area contributed by atoms with Crippen molar-refractivity contribution in [1.29, 1.82) is 0 Å². The number of halogens is 1. The molecule has 0 radical (unpaired) electrons. The Balaban J connectivity index is 0.000000181. The summed E-state index contributed by atoms with van der Waals surface area (Å²) in [5.74, 6) is 0.614. The monoisotopic (exact) mass is 368 g/mol. The number of benzene rings is 1. The van der Waals surface area contributed by atoms with Gasteiger partial charge in [0.05, 0.1) is 16.5 Å². The molecule has 4 nitrogen and oxygen atoms in total. The average Bonchev–Trinajstić information content (AvgIpc) is 2.56. The van der Waals surface area contributed by atoms with Gasteiger partial charge in [0.1, 0.15) is 0 Å². The van der Waals surface area contributed by atoms with Crippen LogP contribution in [0.25, 0.3) is 0 Å². The van der Waals surface area contributed by atoms with Gasteiger partial charge in [-0.15, -0.1) is 11.6 Å². The molecule has 3 unspecified atom stereocenters. The van der Waals surface area contributed by atoms with Crippen molar-refractivity contribution < 1.29 is 20.3 Å². The number of hydrogen-bond acceptors (Lipinski definition) is 4. The van der Waals surface area contributed by atoms with Crippen molar-refractivity contribution in [2.75, 3.05) is 0 Å². The maximum atomic E-state index is 10.2. The van der Waals surface area contributed by atoms with Gasteiger partial charge in [-0.2, -0.15) is 0 Å². The Bertz CT molecular complexity index is 554. The molecule has 4 N–H and O–H groups in total. The number of hydrogen-bond donors (Lipinski definition) is 4. The molecule has 4 atom stereocenters. The number of alkyl halides is 1. The van der Waals surface area contributed by atoms with Crippen molar-refractivity contribution in [1.82, 2.24) is 0 Å². The predicted molar refractivity (Wildman–Crippen MR) is 101 cm³/mol. The van der Waals surface area contributed by atoms with Crippen LogP contribution in [0.1, 0.15) is 52.0 Å². The second-order valence-electron chi connectivity index (χ2n) is 8.25. The van der Waals surface area contributed by atoms with E-state index in [0.29, 0.717) is 12.3 Å². The molecule has 140 valence electrons. The van der Waals surface area contributed by atoms with E-state index in [2.05, 4.69) is 13.8 Å². The van der Waals surface area contributed by atoms with Crippen LogP contribution in [0.4, 0.5) is 0 Å². The van der Waals surface area contributed by atoms with Crippen molar-refractivity contribution in [2.45, 2.75) is 69.4 Å². The Labute approximate surface area is 156 Å². The zero-order chi connectivity index (χ0) is 18.9. The van der Waals surface area contributed by atoms with E-state index in [-0.39, 0.29) is 5.41 Å². The minimum atomic E-state index is -1.43. The SMILES string of the molecule is CC1(O)CCC2CC1(O)C2(C)C.OB(O)[C@H](Cl)CCc1ccccc1. The number of rotatable bonds is 4. The third-order valence-electron chi connectivity index (χ3n) is 6.37. The normalized spacial score (nSPS) is 33.5. The molecule has 0 aliphatic heterocycles. The van der Waals surface area contributed by atoms with Gasteiger partial charge in [-0.1, -0.05) is 44.2 Å². The van der Waals surface area contributed by atoms with Gasteiger partial charge in [0.15, 0.2) is 0 Å². The van der Waals surface area contributed by atoms with Crippen LogP contribution in [-0.2, 0) is 6.42 Å². The summed E-state index contributed by atoms with van der Waals surface area (Å²) in [6.07, 6.45) is 3.93. The third kappa shape index (κ3) is 4.06. The zero-order valence-corrected chi connectivity index (χ0v) is 16.1. The van der Waals surface area contributed by atoms with Crippen LogP contribution in [0.3, 0.4) is 0 Å². The molecular formula is C19H30BClO4. The Morgan fingerprint density at radius 2 is 1.76 bits per heavy atom. The van der Waals surface area contributed by atoms with Crippen molar-refractivity contribution in [3.05, 3.63) is 35.9 Å². The summed E-state index contributed by atoms with van der Waals surface area (Å²) in [5.41, 5.74) is -0.628. The van der Waals surface area contributed by atoms with Crippen LogP contribution in [0.2, 0.25) is 0 Å². The Kier molecular flexibility index (Phi) is 6.28. The first kappa shape index (κ1) is 20.7. The number of aliphatic hydroxyl groups is 2. The van der Waals surface area contributed by atoms with Crippen LogP contribution in [-0.4, -0.2) is 43.9 Å². The molecule has 25 heavy (non-hydrogen) atoms. The minimum absolute atomic E-state index is 0.0885. The minimum Gasteiger partial charge on any atom is -0.426 e. The van der Waals surface area contributed by atoms with Gasteiger partial charge in [-0.3, -0.25) is 0 Å². The number of fused-ring (bicyclic) bond motifs is 2. The summed E-state index contributed by atoms with van der Waals surface area (Å²) in [4.78, 5) is 0. The van der Waals surface area contributed by atoms with Crippen molar-refractivity contribution in [3.8, 4) is 0 Å². The largest absolute Gasteiger partial charge is 0.470 e. The fourth-order valence-electron chi connectivity index (χ4n) is 4.22. The topological polar surface area (TPSA) is 80.9 Å². The lowest BCUT2D eigenvalue weighted by molar-refractivity contribution is -0.312. The van der Waals surface area contributed by atoms with Gasteiger partial charge in [-0.05, 0) is 55.9 Å². The summed E-state index contributed by atoms with van der Waals surface area (Å²) >= 11 is 5.67. The van der Waals surface area contributed by atoms with Crippen LogP contribution in [0.5, 0.6) is 0 Å². The summed E-state index contributed by atoms with van der Waals surface area (Å²) in [7, 11) is -1.43. The molecule has 0 amide bonds. The molecule has 2 bridgehead atoms. The van der Waals surface area contributed by atoms with Gasteiger partial charge < -0.3 is 20.3 Å². The molecular weight excluding hydrogens is 338 g/mol. The summed E-state index contributed by atoms with van der Waals surface area (Å²) in [5, 5.41) is 37.1. The molecule has 1 aromatic rings. The van der Waals surface area contributed by atoms with Crippen LogP contribution in [0.15, 0.2) is 30.3 Å². The molecule has 1 aromatic carbocycles. The highest BCUT2D eigenvalue weighted by molar-refractivity contribution is 6.57. The highest BCUT2D eigenvalue weighted by Crippen LogP contribution is 2.65. The maximum Gasteiger partial charge on any atom is 0.470 e. The van der Waals surface area contributed by atoms with E-state index in [4.69, 9.17) is 21.6 Å². The Hall–Kier alpha value is -0.585. The quantitative estimate of drug-likeness (QED) is 0.486. The molecule has 0 spiro atoms. The van der Waals surface area contributed by atoms with E-state index < -0.39 is 23.6 Å². The molecule has 3 saturated carbocycles. The first-order valence-corrected chi connectivity index (χ1v) is 9.44. The molecule has 4 rings (SSSR count). The second kappa shape index (κ2) is 7.57. The second-order valence-corrected chi connectivity index (χ2v) is 8.81. The standard InChI is InChI=1S/C10H18O2.C9H12BClO2/c1-8(2)7-4-5-9(3,11)10(8,12)6-7;11-9(10(12)13)7-6-8-4-2-1-3-5-8/h7,11-12H,4-6H2,1-3H3;1-5,9,12-13H,6-7H2/t;9-/m.1/s1. The van der Waals surface area contributed by atoms with Gasteiger partial charge in [-0.25, -0.2) is 0 Å². The Morgan fingerprint density at radius 1 is 1.16 bits per heavy atom. The van der Waals surface area contributed by atoms with E-state index in [1.54, 1.807) is 6.92 Å². The first-order chi connectivity index (χ1) is 11.5. The fraction of sp³-hybridized carbons (Fsp3) is 0.684. The van der Waals surface area contributed by atoms with E-state index >= 15 is 0 Å². The summed E-state index contributed by atoms with van der Waals surface area (Å²) < 4.78 is 0. The molecule has 3 aliphatic rings. The average molecular weight is 369 g/mol. The summed E-state index contributed by atoms with van der Waals surface area (Å²) in [6, 6.07) is 9.84. The smallest absolute Gasteiger partial charge is 0.426 e. The molecule has 3 fully saturated rings. The van der Waals surface area contributed by atoms with Crippen LogP contribution in [0, 0.1) is 11.3 Å². The van der Waals surface area contributed by atoms with E-state index in [1.807, 2.05) is 30.3 Å². The van der Waals surface area contributed by atoms with Crippen LogP contribution < -0.4 is 0 Å². The van der Waals surface area contributed by atoms with E-state index in [9.17, 15) is 10.2 Å². The zero-order valence-electron chi connectivity index (χ0n) is 15.3. The lowest BCUT2D eigenvalue weighted by Crippen LogP contribution is -2.74. The molecule has 0 aromatic heterocycles. The molecule has 0 saturated heterocycles. The molecule has 3 aliphatic carbocycles. The summed E-state index contributed by atoms with van der Waals surface area (Å²) in [6.45, 7) is 5.90.